The summed E-state index contributed by atoms with van der Waals surface area (Å²) in [6.45, 7) is 6.41. The summed E-state index contributed by atoms with van der Waals surface area (Å²) in [6.07, 6.45) is 1.66. The molecule has 0 radical (unpaired) electrons. The van der Waals surface area contributed by atoms with Crippen LogP contribution in [0.1, 0.15) is 23.2 Å². The molecule has 1 heterocycles. The first-order valence-corrected chi connectivity index (χ1v) is 5.82. The number of rotatable bonds is 8. The van der Waals surface area contributed by atoms with Gasteiger partial charge in [0, 0.05) is 13.1 Å². The molecule has 0 spiro atoms. The summed E-state index contributed by atoms with van der Waals surface area (Å²) in [7, 11) is 0. The molecule has 1 atom stereocenters. The Morgan fingerprint density at radius 2 is 2.16 bits per heavy atom. The van der Waals surface area contributed by atoms with E-state index in [1.165, 1.54) is 6.07 Å². The van der Waals surface area contributed by atoms with Gasteiger partial charge in [-0.1, -0.05) is 13.0 Å². The quantitative estimate of drug-likeness (QED) is 0.696. The lowest BCUT2D eigenvalue weighted by atomic mass is 10.1. The van der Waals surface area contributed by atoms with E-state index in [0.29, 0.717) is 25.4 Å². The molecule has 1 aromatic heterocycles. The predicted molar refractivity (Wildman–Crippen MR) is 67.9 cm³/mol. The van der Waals surface area contributed by atoms with Gasteiger partial charge in [0.05, 0.1) is 12.5 Å². The van der Waals surface area contributed by atoms with Crippen molar-refractivity contribution >= 4 is 11.9 Å². The van der Waals surface area contributed by atoms with Crippen molar-refractivity contribution in [2.24, 2.45) is 5.92 Å². The fourth-order valence-corrected chi connectivity index (χ4v) is 1.65. The van der Waals surface area contributed by atoms with E-state index in [9.17, 15) is 9.59 Å². The third-order valence-electron chi connectivity index (χ3n) is 2.59. The molecule has 0 fully saturated rings. The highest BCUT2D eigenvalue weighted by molar-refractivity contribution is 5.84. The molecule has 19 heavy (non-hydrogen) atoms. The SMILES string of the molecule is C=CCN(Cc1ccc(C(=O)O)o1)CC(C)C(=O)O. The lowest BCUT2D eigenvalue weighted by molar-refractivity contribution is -0.141. The smallest absolute Gasteiger partial charge is 0.371 e. The van der Waals surface area contributed by atoms with Crippen LogP contribution in [-0.4, -0.2) is 40.1 Å². The van der Waals surface area contributed by atoms with Crippen LogP contribution in [0.5, 0.6) is 0 Å². The number of carbonyl (C=O) groups is 2. The summed E-state index contributed by atoms with van der Waals surface area (Å²) in [5.41, 5.74) is 0. The minimum atomic E-state index is -1.12. The van der Waals surface area contributed by atoms with Crippen LogP contribution in [0.4, 0.5) is 0 Å². The Hall–Kier alpha value is -2.08. The molecule has 1 unspecified atom stereocenters. The van der Waals surface area contributed by atoms with Gasteiger partial charge in [-0.05, 0) is 12.1 Å². The van der Waals surface area contributed by atoms with Crippen LogP contribution < -0.4 is 0 Å². The van der Waals surface area contributed by atoms with Gasteiger partial charge in [0.15, 0.2) is 0 Å². The molecule has 2 N–H and O–H groups in total. The average molecular weight is 267 g/mol. The zero-order valence-electron chi connectivity index (χ0n) is 10.7. The molecule has 1 rings (SSSR count). The zero-order chi connectivity index (χ0) is 14.4. The molecule has 6 nitrogen and oxygen atoms in total. The number of carboxylic acids is 2. The van der Waals surface area contributed by atoms with Crippen molar-refractivity contribution in [3.05, 3.63) is 36.3 Å². The number of aromatic carboxylic acids is 1. The van der Waals surface area contributed by atoms with Crippen molar-refractivity contribution in [2.75, 3.05) is 13.1 Å². The maximum Gasteiger partial charge on any atom is 0.371 e. The molecular formula is C13H17NO5. The van der Waals surface area contributed by atoms with Gasteiger partial charge in [-0.2, -0.15) is 0 Å². The summed E-state index contributed by atoms with van der Waals surface area (Å²) in [4.78, 5) is 23.4. The summed E-state index contributed by atoms with van der Waals surface area (Å²) < 4.78 is 5.14. The number of aliphatic carboxylic acids is 1. The monoisotopic (exact) mass is 267 g/mol. The second-order valence-electron chi connectivity index (χ2n) is 4.29. The molecule has 0 aliphatic rings. The average Bonchev–Trinajstić information content (AvgIpc) is 2.77. The summed E-state index contributed by atoms with van der Waals surface area (Å²) in [5.74, 6) is -2.16. The van der Waals surface area contributed by atoms with E-state index in [2.05, 4.69) is 6.58 Å². The number of hydrogen-bond donors (Lipinski definition) is 2. The van der Waals surface area contributed by atoms with E-state index < -0.39 is 17.9 Å². The largest absolute Gasteiger partial charge is 0.481 e. The van der Waals surface area contributed by atoms with E-state index in [1.807, 2.05) is 4.90 Å². The molecule has 0 aliphatic heterocycles. The van der Waals surface area contributed by atoms with E-state index in [-0.39, 0.29) is 5.76 Å². The van der Waals surface area contributed by atoms with Crippen molar-refractivity contribution in [1.82, 2.24) is 4.90 Å². The summed E-state index contributed by atoms with van der Waals surface area (Å²) >= 11 is 0. The number of furan rings is 1. The first-order chi connectivity index (χ1) is 8.93. The third kappa shape index (κ3) is 4.59. The Balaban J connectivity index is 2.68. The van der Waals surface area contributed by atoms with Gasteiger partial charge in [-0.3, -0.25) is 9.69 Å². The van der Waals surface area contributed by atoms with Crippen LogP contribution in [0.25, 0.3) is 0 Å². The molecule has 0 saturated carbocycles. The first-order valence-electron chi connectivity index (χ1n) is 5.82. The fraction of sp³-hybridized carbons (Fsp3) is 0.385. The van der Waals surface area contributed by atoms with Gasteiger partial charge in [0.2, 0.25) is 5.76 Å². The Morgan fingerprint density at radius 1 is 1.47 bits per heavy atom. The molecule has 0 aliphatic carbocycles. The second-order valence-corrected chi connectivity index (χ2v) is 4.29. The van der Waals surface area contributed by atoms with Crippen molar-refractivity contribution in [1.29, 1.82) is 0 Å². The van der Waals surface area contributed by atoms with E-state index in [4.69, 9.17) is 14.6 Å². The Morgan fingerprint density at radius 3 is 2.63 bits per heavy atom. The highest BCUT2D eigenvalue weighted by atomic mass is 16.4. The number of carboxylic acid groups (broad SMARTS) is 2. The molecule has 104 valence electrons. The van der Waals surface area contributed by atoms with Crippen molar-refractivity contribution in [2.45, 2.75) is 13.5 Å². The zero-order valence-corrected chi connectivity index (χ0v) is 10.7. The maximum atomic E-state index is 10.8. The van der Waals surface area contributed by atoms with Crippen LogP contribution in [0, 0.1) is 5.92 Å². The van der Waals surface area contributed by atoms with Gasteiger partial charge < -0.3 is 14.6 Å². The van der Waals surface area contributed by atoms with E-state index in [1.54, 1.807) is 19.1 Å². The summed E-state index contributed by atoms with van der Waals surface area (Å²) in [6, 6.07) is 2.95. The molecule has 0 amide bonds. The highest BCUT2D eigenvalue weighted by Crippen LogP contribution is 2.12. The molecule has 1 aromatic rings. The van der Waals surface area contributed by atoms with Crippen LogP contribution in [0.2, 0.25) is 0 Å². The van der Waals surface area contributed by atoms with Gasteiger partial charge in [0.25, 0.3) is 0 Å². The molecular weight excluding hydrogens is 250 g/mol. The maximum absolute atomic E-state index is 10.8. The van der Waals surface area contributed by atoms with E-state index >= 15 is 0 Å². The minimum absolute atomic E-state index is 0.125. The highest BCUT2D eigenvalue weighted by Gasteiger charge is 2.17. The van der Waals surface area contributed by atoms with Gasteiger partial charge >= 0.3 is 11.9 Å². The standard InChI is InChI=1S/C13H17NO5/c1-3-6-14(7-9(2)12(15)16)8-10-4-5-11(19-10)13(17)18/h3-5,9H,1,6-8H2,2H3,(H,15,16)(H,17,18). The third-order valence-corrected chi connectivity index (χ3v) is 2.59. The minimum Gasteiger partial charge on any atom is -0.481 e. The lowest BCUT2D eigenvalue weighted by Crippen LogP contribution is -2.31. The van der Waals surface area contributed by atoms with Crippen LogP contribution in [-0.2, 0) is 11.3 Å². The molecule has 0 aromatic carbocycles. The van der Waals surface area contributed by atoms with Crippen LogP contribution in [0.15, 0.2) is 29.2 Å². The summed E-state index contributed by atoms with van der Waals surface area (Å²) in [5, 5.41) is 17.6. The van der Waals surface area contributed by atoms with Crippen LogP contribution >= 0.6 is 0 Å². The van der Waals surface area contributed by atoms with E-state index in [0.717, 1.165) is 0 Å². The van der Waals surface area contributed by atoms with Crippen molar-refractivity contribution in [3.63, 3.8) is 0 Å². The Bertz CT molecular complexity index is 465. The molecule has 0 bridgehead atoms. The second kappa shape index (κ2) is 6.75. The molecule has 6 heteroatoms. The Labute approximate surface area is 110 Å². The van der Waals surface area contributed by atoms with Crippen molar-refractivity contribution in [3.8, 4) is 0 Å². The van der Waals surface area contributed by atoms with Crippen molar-refractivity contribution < 1.29 is 24.2 Å². The topological polar surface area (TPSA) is 91.0 Å². The number of hydrogen-bond acceptors (Lipinski definition) is 4. The first kappa shape index (κ1) is 15.0. The lowest BCUT2D eigenvalue weighted by Gasteiger charge is -2.21. The van der Waals surface area contributed by atoms with Crippen LogP contribution in [0.3, 0.4) is 0 Å². The number of nitrogens with zero attached hydrogens (tertiary/aromatic N) is 1. The van der Waals surface area contributed by atoms with Gasteiger partial charge in [0.1, 0.15) is 5.76 Å². The normalized spacial score (nSPS) is 12.3. The predicted octanol–water partition coefficient (Wildman–Crippen LogP) is 1.69. The molecule has 0 saturated heterocycles. The van der Waals surface area contributed by atoms with Gasteiger partial charge in [-0.25, -0.2) is 4.79 Å². The fourth-order valence-electron chi connectivity index (χ4n) is 1.65. The Kier molecular flexibility index (Phi) is 5.32. The van der Waals surface area contributed by atoms with Gasteiger partial charge in [-0.15, -0.1) is 6.58 Å².